The van der Waals surface area contributed by atoms with Gasteiger partial charge in [-0.25, -0.2) is 4.79 Å². The number of methoxy groups -OCH3 is 3. The number of anilines is 1. The third-order valence-electron chi connectivity index (χ3n) is 8.61. The summed E-state index contributed by atoms with van der Waals surface area (Å²) >= 11 is 6.58. The van der Waals surface area contributed by atoms with Gasteiger partial charge in [-0.2, -0.15) is 0 Å². The Balaban J connectivity index is 1.62. The zero-order chi connectivity index (χ0) is 31.1. The summed E-state index contributed by atoms with van der Waals surface area (Å²) in [6.07, 6.45) is 0.138. The van der Waals surface area contributed by atoms with Crippen LogP contribution in [0.15, 0.2) is 45.1 Å². The lowest BCUT2D eigenvalue weighted by molar-refractivity contribution is -0.130. The van der Waals surface area contributed by atoms with Crippen molar-refractivity contribution in [3.8, 4) is 28.7 Å². The molecule has 12 nitrogen and oxygen atoms in total. The largest absolute Gasteiger partial charge is 0.504 e. The molecule has 2 N–H and O–H groups in total. The fourth-order valence-electron chi connectivity index (χ4n) is 6.41. The summed E-state index contributed by atoms with van der Waals surface area (Å²) < 4.78 is 24.6. The number of halogens is 1. The Bertz CT molecular complexity index is 1930. The predicted molar refractivity (Wildman–Crippen MR) is 155 cm³/mol. The van der Waals surface area contributed by atoms with Crippen molar-refractivity contribution in [1.29, 1.82) is 0 Å². The normalized spacial score (nSPS) is 22.0. The molecule has 13 heteroatoms. The fourth-order valence-corrected chi connectivity index (χ4v) is 6.67. The number of hydrogen-bond acceptors (Lipinski definition) is 10. The number of benzene rings is 2. The van der Waals surface area contributed by atoms with Crippen LogP contribution >= 0.6 is 11.6 Å². The number of rotatable bonds is 4. The molecule has 2 aromatic carbocycles. The summed E-state index contributed by atoms with van der Waals surface area (Å²) in [7, 11) is 7.03. The van der Waals surface area contributed by atoms with Crippen LogP contribution in [0.4, 0.5) is 5.82 Å². The van der Waals surface area contributed by atoms with Gasteiger partial charge in [-0.1, -0.05) is 24.6 Å². The first-order chi connectivity index (χ1) is 20.4. The summed E-state index contributed by atoms with van der Waals surface area (Å²) in [5.74, 6) is -2.66. The fraction of sp³-hybridized carbons (Fsp3) is 0.333. The average Bonchev–Trinajstić information content (AvgIpc) is 3.31. The van der Waals surface area contributed by atoms with Crippen molar-refractivity contribution in [3.05, 3.63) is 78.1 Å². The van der Waals surface area contributed by atoms with Gasteiger partial charge in [0, 0.05) is 43.3 Å². The Kier molecular flexibility index (Phi) is 6.38. The maximum Gasteiger partial charge on any atom is 0.332 e. The molecule has 0 amide bonds. The number of ether oxygens (including phenoxy) is 4. The molecule has 6 rings (SSSR count). The van der Waals surface area contributed by atoms with E-state index in [-0.39, 0.29) is 62.7 Å². The number of aromatic nitrogens is 2. The highest BCUT2D eigenvalue weighted by atomic mass is 35.5. The zero-order valence-electron chi connectivity index (χ0n) is 24.2. The molecule has 1 aromatic heterocycles. The van der Waals surface area contributed by atoms with E-state index in [0.29, 0.717) is 11.3 Å². The molecular formula is C30H28ClN3O9. The first-order valence-corrected chi connectivity index (χ1v) is 13.7. The maximum atomic E-state index is 14.9. The van der Waals surface area contributed by atoms with Gasteiger partial charge in [0.2, 0.25) is 17.2 Å². The van der Waals surface area contributed by atoms with Crippen molar-refractivity contribution in [2.75, 3.05) is 26.6 Å². The smallest absolute Gasteiger partial charge is 0.332 e. The molecule has 0 fully saturated rings. The molecular weight excluding hydrogens is 582 g/mol. The van der Waals surface area contributed by atoms with Crippen LogP contribution in [-0.2, 0) is 18.9 Å². The average molecular weight is 610 g/mol. The Morgan fingerprint density at radius 1 is 0.977 bits per heavy atom. The van der Waals surface area contributed by atoms with Gasteiger partial charge in [0.15, 0.2) is 17.2 Å². The minimum Gasteiger partial charge on any atom is -0.504 e. The standard InChI is InChI=1S/C30H28ClN3O9/c1-12-9-14-20(25(36)30(12)26(37)21-17(41-5)11-18(42-6)23(31)24(21)43-30)19(13-7-8-16(40-4)15(35)10-13)22-27(32-14)33(2)29(39)34(3)28(22)38/h7-8,10-12,19,32,35H,9H2,1-6H3/t12-,19?,30+/m1/s1. The van der Waals surface area contributed by atoms with Gasteiger partial charge in [0.05, 0.1) is 26.9 Å². The van der Waals surface area contributed by atoms with Crippen LogP contribution in [0.25, 0.3) is 0 Å². The molecule has 0 saturated heterocycles. The molecule has 224 valence electrons. The van der Waals surface area contributed by atoms with Gasteiger partial charge >= 0.3 is 5.69 Å². The van der Waals surface area contributed by atoms with Crippen LogP contribution < -0.4 is 35.5 Å². The Hall–Kier alpha value is -4.71. The number of Topliss-reactive ketones (excluding diaryl/α,β-unsaturated/α-hetero) is 2. The number of aromatic hydroxyl groups is 1. The molecule has 1 aliphatic carbocycles. The van der Waals surface area contributed by atoms with Crippen LogP contribution in [0.1, 0.15) is 40.7 Å². The number of nitrogens with one attached hydrogen (secondary N) is 1. The second-order valence-corrected chi connectivity index (χ2v) is 11.1. The molecule has 2 aliphatic heterocycles. The number of carbonyl (C=O) groups excluding carboxylic acids is 2. The van der Waals surface area contributed by atoms with Crippen LogP contribution in [0.3, 0.4) is 0 Å². The van der Waals surface area contributed by atoms with Crippen molar-refractivity contribution in [1.82, 2.24) is 9.13 Å². The highest BCUT2D eigenvalue weighted by Gasteiger charge is 2.63. The number of allylic oxidation sites excluding steroid dienone is 1. The highest BCUT2D eigenvalue weighted by molar-refractivity contribution is 6.36. The Morgan fingerprint density at radius 3 is 2.28 bits per heavy atom. The van der Waals surface area contributed by atoms with Crippen LogP contribution in [0.2, 0.25) is 5.02 Å². The molecule has 3 heterocycles. The third kappa shape index (κ3) is 3.62. The Labute approximate surface area is 250 Å². The quantitative estimate of drug-likeness (QED) is 0.423. The van der Waals surface area contributed by atoms with E-state index in [2.05, 4.69) is 5.32 Å². The Morgan fingerprint density at radius 2 is 1.65 bits per heavy atom. The number of fused-ring (bicyclic) bond motifs is 2. The van der Waals surface area contributed by atoms with Gasteiger partial charge in [-0.05, 0) is 24.1 Å². The summed E-state index contributed by atoms with van der Waals surface area (Å²) in [5, 5.41) is 13.9. The number of hydrogen-bond donors (Lipinski definition) is 2. The van der Waals surface area contributed by atoms with Gasteiger partial charge in [0.25, 0.3) is 5.56 Å². The number of ketones is 2. The number of phenols is 1. The van der Waals surface area contributed by atoms with Crippen LogP contribution in [0.5, 0.6) is 28.7 Å². The van der Waals surface area contributed by atoms with Gasteiger partial charge in [-0.15, -0.1) is 0 Å². The molecule has 3 atom stereocenters. The topological polar surface area (TPSA) is 147 Å². The lowest BCUT2D eigenvalue weighted by Crippen LogP contribution is -2.58. The third-order valence-corrected chi connectivity index (χ3v) is 8.97. The number of carbonyl (C=O) groups is 2. The molecule has 3 aromatic rings. The molecule has 0 bridgehead atoms. The van der Waals surface area contributed by atoms with Crippen molar-refractivity contribution in [2.45, 2.75) is 24.9 Å². The minimum atomic E-state index is -2.04. The van der Waals surface area contributed by atoms with E-state index in [0.717, 1.165) is 4.57 Å². The van der Waals surface area contributed by atoms with E-state index >= 15 is 0 Å². The highest BCUT2D eigenvalue weighted by Crippen LogP contribution is 2.56. The van der Waals surface area contributed by atoms with E-state index < -0.39 is 40.3 Å². The first-order valence-electron chi connectivity index (χ1n) is 13.3. The second-order valence-electron chi connectivity index (χ2n) is 10.7. The van der Waals surface area contributed by atoms with E-state index in [1.807, 2.05) is 0 Å². The van der Waals surface area contributed by atoms with Crippen molar-refractivity contribution in [2.24, 2.45) is 20.0 Å². The van der Waals surface area contributed by atoms with Crippen LogP contribution in [0, 0.1) is 5.92 Å². The monoisotopic (exact) mass is 609 g/mol. The number of nitrogens with zero attached hydrogens (tertiary/aromatic N) is 2. The minimum absolute atomic E-state index is 0.0101. The summed E-state index contributed by atoms with van der Waals surface area (Å²) in [4.78, 5) is 55.8. The van der Waals surface area contributed by atoms with Crippen LogP contribution in [-0.4, -0.2) is 52.7 Å². The predicted octanol–water partition coefficient (Wildman–Crippen LogP) is 2.90. The maximum absolute atomic E-state index is 14.9. The summed E-state index contributed by atoms with van der Waals surface area (Å²) in [6, 6.07) is 5.97. The van der Waals surface area contributed by atoms with Gasteiger partial charge in [-0.3, -0.25) is 23.5 Å². The first kappa shape index (κ1) is 28.4. The number of phenolic OH excluding ortho intramolecular Hbond substituents is 1. The molecule has 0 radical (unpaired) electrons. The van der Waals surface area contributed by atoms with Crippen molar-refractivity contribution >= 4 is 29.0 Å². The molecule has 1 unspecified atom stereocenters. The molecule has 1 spiro atoms. The van der Waals surface area contributed by atoms with E-state index in [1.54, 1.807) is 13.0 Å². The molecule has 3 aliphatic rings. The molecule has 43 heavy (non-hydrogen) atoms. The van der Waals surface area contributed by atoms with Crippen molar-refractivity contribution in [3.63, 3.8) is 0 Å². The summed E-state index contributed by atoms with van der Waals surface area (Å²) in [5.41, 5.74) is -2.27. The zero-order valence-corrected chi connectivity index (χ0v) is 24.9. The SMILES string of the molecule is COc1ccc(C2C3=C(C[C@@H](C)[C@]4(Oc5c(Cl)c(OC)cc(OC)c5C4=O)C3=O)Nc3c2c(=O)n(C)c(=O)n3C)cc1O. The molecule has 0 saturated carbocycles. The van der Waals surface area contributed by atoms with E-state index in [4.69, 9.17) is 30.5 Å². The van der Waals surface area contributed by atoms with E-state index in [1.165, 1.54) is 58.2 Å². The van der Waals surface area contributed by atoms with E-state index in [9.17, 15) is 24.3 Å². The second kappa shape index (κ2) is 9.66. The van der Waals surface area contributed by atoms with Gasteiger partial charge < -0.3 is 29.4 Å². The lowest BCUT2D eigenvalue weighted by atomic mass is 9.66. The van der Waals surface area contributed by atoms with Gasteiger partial charge in [0.1, 0.15) is 27.9 Å². The summed E-state index contributed by atoms with van der Waals surface area (Å²) in [6.45, 7) is 1.71. The van der Waals surface area contributed by atoms with Crippen molar-refractivity contribution < 1.29 is 33.6 Å². The lowest BCUT2D eigenvalue weighted by Gasteiger charge is -2.42.